The molecule has 168 valence electrons. The number of likely N-dealkylation sites (N-methyl/N-ethyl adjacent to an activating group) is 1. The Balaban J connectivity index is 1.51. The van der Waals surface area contributed by atoms with Crippen LogP contribution in [0.5, 0.6) is 5.75 Å². The number of benzene rings is 2. The first-order valence-electron chi connectivity index (χ1n) is 10.1. The summed E-state index contributed by atoms with van der Waals surface area (Å²) >= 11 is 0. The molecule has 0 N–H and O–H groups in total. The first-order chi connectivity index (χ1) is 14.7. The van der Waals surface area contributed by atoms with Crippen LogP contribution in [0.15, 0.2) is 47.4 Å². The number of nitrogens with zero attached hydrogens (tertiary/aromatic N) is 2. The van der Waals surface area contributed by atoms with Gasteiger partial charge in [0.15, 0.2) is 11.6 Å². The normalized spacial score (nSPS) is 15.6. The molecule has 2 aromatic rings. The Morgan fingerprint density at radius 1 is 1.13 bits per heavy atom. The van der Waals surface area contributed by atoms with Crippen LogP contribution in [0.25, 0.3) is 0 Å². The Morgan fingerprint density at radius 2 is 1.81 bits per heavy atom. The zero-order valence-corrected chi connectivity index (χ0v) is 18.4. The second kappa shape index (κ2) is 9.74. The molecule has 1 aliphatic rings. The number of sulfonamides is 1. The summed E-state index contributed by atoms with van der Waals surface area (Å²) in [5.74, 6) is -1.88. The number of aryl methyl sites for hydroxylation is 1. The van der Waals surface area contributed by atoms with Gasteiger partial charge in [-0.1, -0.05) is 18.2 Å². The predicted octanol–water partition coefficient (Wildman–Crippen LogP) is 3.21. The van der Waals surface area contributed by atoms with Crippen LogP contribution in [0.2, 0.25) is 0 Å². The van der Waals surface area contributed by atoms with Crippen LogP contribution < -0.4 is 4.74 Å². The molecule has 0 saturated carbocycles. The van der Waals surface area contributed by atoms with E-state index in [1.54, 1.807) is 11.9 Å². The van der Waals surface area contributed by atoms with Crippen molar-refractivity contribution in [3.8, 4) is 5.75 Å². The molecule has 1 fully saturated rings. The smallest absolute Gasteiger partial charge is 0.243 e. The third kappa shape index (κ3) is 5.40. The largest absolute Gasteiger partial charge is 0.491 e. The van der Waals surface area contributed by atoms with Crippen molar-refractivity contribution in [2.24, 2.45) is 5.92 Å². The van der Waals surface area contributed by atoms with Crippen LogP contribution in [0, 0.1) is 24.5 Å². The van der Waals surface area contributed by atoms with Crippen LogP contribution in [0.1, 0.15) is 18.4 Å². The maximum absolute atomic E-state index is 13.4. The van der Waals surface area contributed by atoms with Gasteiger partial charge in [-0.25, -0.2) is 17.2 Å². The topological polar surface area (TPSA) is 66.9 Å². The number of hydrogen-bond donors (Lipinski definition) is 0. The van der Waals surface area contributed by atoms with Gasteiger partial charge in [-0.15, -0.1) is 0 Å². The number of piperidine rings is 1. The number of carbonyl (C=O) groups excluding carboxylic acids is 1. The molecule has 0 spiro atoms. The Kier molecular flexibility index (Phi) is 7.27. The standard InChI is InChI=1S/C22H26F2N2O4S/c1-16-5-3-4-6-21(16)30-14-13-25(2)22(27)17-9-11-26(12-10-17)31(28,29)18-7-8-19(23)20(24)15-18/h3-8,15,17H,9-14H2,1-2H3. The lowest BCUT2D eigenvalue weighted by atomic mass is 9.97. The molecule has 31 heavy (non-hydrogen) atoms. The highest BCUT2D eigenvalue weighted by Gasteiger charge is 2.33. The number of halogens is 2. The van der Waals surface area contributed by atoms with Gasteiger partial charge in [0.25, 0.3) is 0 Å². The number of carbonyl (C=O) groups is 1. The van der Waals surface area contributed by atoms with Crippen LogP contribution in [-0.2, 0) is 14.8 Å². The maximum atomic E-state index is 13.4. The van der Waals surface area contributed by atoms with Crippen molar-refractivity contribution in [3.63, 3.8) is 0 Å². The number of para-hydroxylation sites is 1. The number of hydrogen-bond acceptors (Lipinski definition) is 4. The van der Waals surface area contributed by atoms with E-state index >= 15 is 0 Å². The van der Waals surface area contributed by atoms with E-state index < -0.39 is 21.7 Å². The summed E-state index contributed by atoms with van der Waals surface area (Å²) in [5, 5.41) is 0. The number of ether oxygens (including phenoxy) is 1. The summed E-state index contributed by atoms with van der Waals surface area (Å²) < 4.78 is 58.9. The third-order valence-corrected chi connectivity index (χ3v) is 7.38. The first-order valence-corrected chi connectivity index (χ1v) is 11.5. The highest BCUT2D eigenvalue weighted by atomic mass is 32.2. The molecular formula is C22H26F2N2O4S. The van der Waals surface area contributed by atoms with E-state index in [-0.39, 0.29) is 29.8 Å². The van der Waals surface area contributed by atoms with Crippen LogP contribution in [0.4, 0.5) is 8.78 Å². The van der Waals surface area contributed by atoms with E-state index in [9.17, 15) is 22.0 Å². The third-order valence-electron chi connectivity index (χ3n) is 5.49. The van der Waals surface area contributed by atoms with Crippen LogP contribution in [0.3, 0.4) is 0 Å². The second-order valence-electron chi connectivity index (χ2n) is 7.63. The minimum atomic E-state index is -3.94. The molecule has 2 aromatic carbocycles. The van der Waals surface area contributed by atoms with E-state index in [1.165, 1.54) is 4.31 Å². The summed E-state index contributed by atoms with van der Waals surface area (Å²) in [6.45, 7) is 3.01. The van der Waals surface area contributed by atoms with Gasteiger partial charge in [0.05, 0.1) is 11.4 Å². The molecule has 0 unspecified atom stereocenters. The molecule has 1 saturated heterocycles. The van der Waals surface area contributed by atoms with Crippen molar-refractivity contribution in [1.29, 1.82) is 0 Å². The van der Waals surface area contributed by atoms with Crippen LogP contribution in [-0.4, -0.2) is 56.8 Å². The van der Waals surface area contributed by atoms with E-state index in [0.29, 0.717) is 32.1 Å². The molecule has 1 amide bonds. The SMILES string of the molecule is Cc1ccccc1OCCN(C)C(=O)C1CCN(S(=O)(=O)c2ccc(F)c(F)c2)CC1. The van der Waals surface area contributed by atoms with Gasteiger partial charge < -0.3 is 9.64 Å². The van der Waals surface area contributed by atoms with Gasteiger partial charge in [-0.2, -0.15) is 4.31 Å². The minimum Gasteiger partial charge on any atom is -0.491 e. The van der Waals surface area contributed by atoms with E-state index in [2.05, 4.69) is 0 Å². The molecule has 0 radical (unpaired) electrons. The minimum absolute atomic E-state index is 0.0572. The van der Waals surface area contributed by atoms with Crippen LogP contribution >= 0.6 is 0 Å². The van der Waals surface area contributed by atoms with E-state index in [1.807, 2.05) is 31.2 Å². The van der Waals surface area contributed by atoms with Crippen molar-refractivity contribution in [2.45, 2.75) is 24.7 Å². The fraction of sp³-hybridized carbons (Fsp3) is 0.409. The quantitative estimate of drug-likeness (QED) is 0.647. The van der Waals surface area contributed by atoms with Crippen molar-refractivity contribution >= 4 is 15.9 Å². The number of amides is 1. The molecule has 0 aromatic heterocycles. The van der Waals surface area contributed by atoms with Crippen molar-refractivity contribution in [3.05, 3.63) is 59.7 Å². The van der Waals surface area contributed by atoms with Gasteiger partial charge in [-0.05, 0) is 49.6 Å². The lowest BCUT2D eigenvalue weighted by molar-refractivity contribution is -0.135. The Morgan fingerprint density at radius 3 is 2.45 bits per heavy atom. The Bertz CT molecular complexity index is 1040. The van der Waals surface area contributed by atoms with Gasteiger partial charge >= 0.3 is 0 Å². The summed E-state index contributed by atoms with van der Waals surface area (Å²) in [4.78, 5) is 14.0. The molecule has 1 aliphatic heterocycles. The average Bonchev–Trinajstić information content (AvgIpc) is 2.76. The summed E-state index contributed by atoms with van der Waals surface area (Å²) in [5.41, 5.74) is 1.02. The summed E-state index contributed by atoms with van der Waals surface area (Å²) in [6.07, 6.45) is 0.732. The monoisotopic (exact) mass is 452 g/mol. The van der Waals surface area contributed by atoms with E-state index in [4.69, 9.17) is 4.74 Å². The molecule has 3 rings (SSSR count). The molecule has 6 nitrogen and oxygen atoms in total. The van der Waals surface area contributed by atoms with Gasteiger partial charge in [0, 0.05) is 26.1 Å². The fourth-order valence-electron chi connectivity index (χ4n) is 3.56. The van der Waals surface area contributed by atoms with Gasteiger partial charge in [0.1, 0.15) is 12.4 Å². The van der Waals surface area contributed by atoms with Gasteiger partial charge in [-0.3, -0.25) is 4.79 Å². The Labute approximate surface area is 181 Å². The van der Waals surface area contributed by atoms with Gasteiger partial charge in [0.2, 0.25) is 15.9 Å². The maximum Gasteiger partial charge on any atom is 0.243 e. The van der Waals surface area contributed by atoms with E-state index in [0.717, 1.165) is 23.4 Å². The molecule has 1 heterocycles. The molecule has 0 bridgehead atoms. The van der Waals surface area contributed by atoms with Crippen molar-refractivity contribution in [1.82, 2.24) is 9.21 Å². The lowest BCUT2D eigenvalue weighted by Crippen LogP contribution is -2.44. The lowest BCUT2D eigenvalue weighted by Gasteiger charge is -2.32. The zero-order chi connectivity index (χ0) is 22.6. The van der Waals surface area contributed by atoms with Crippen molar-refractivity contribution < 1.29 is 26.7 Å². The van der Waals surface area contributed by atoms with Crippen molar-refractivity contribution in [2.75, 3.05) is 33.3 Å². The zero-order valence-electron chi connectivity index (χ0n) is 17.6. The molecule has 0 aliphatic carbocycles. The predicted molar refractivity (Wildman–Crippen MR) is 112 cm³/mol. The summed E-state index contributed by atoms with van der Waals surface area (Å²) in [7, 11) is -2.24. The highest BCUT2D eigenvalue weighted by Crippen LogP contribution is 2.26. The highest BCUT2D eigenvalue weighted by molar-refractivity contribution is 7.89. The Hall–Kier alpha value is -2.52. The fourth-order valence-corrected chi connectivity index (χ4v) is 5.04. The number of rotatable bonds is 7. The molecular weight excluding hydrogens is 426 g/mol. The summed E-state index contributed by atoms with van der Waals surface area (Å²) in [6, 6.07) is 10.2. The first kappa shape index (κ1) is 23.1. The molecule has 0 atom stereocenters. The molecule has 9 heteroatoms. The average molecular weight is 453 g/mol. The second-order valence-corrected chi connectivity index (χ2v) is 9.57.